The fraction of sp³-hybridized carbons (Fsp3) is 0.211. The molecule has 148 valence electrons. The van der Waals surface area contributed by atoms with Crippen LogP contribution in [0.3, 0.4) is 0 Å². The van der Waals surface area contributed by atoms with Gasteiger partial charge in [-0.2, -0.15) is 0 Å². The standard InChI is InChI=1S/C19H17F2NO6/c1-11(19(25)22-13-4-5-14(20)15(21)8-13)28-18(24)10-27-16-6-3-12(9-23)7-17(16)26-2/h3-9,11H,10H2,1-2H3,(H,22,25)/t11-/m1/s1. The maximum Gasteiger partial charge on any atom is 0.344 e. The van der Waals surface area contributed by atoms with E-state index < -0.39 is 36.2 Å². The number of hydrogen-bond donors (Lipinski definition) is 1. The van der Waals surface area contributed by atoms with Crippen LogP contribution in [0.5, 0.6) is 11.5 Å². The average Bonchev–Trinajstić information content (AvgIpc) is 2.68. The molecule has 1 N–H and O–H groups in total. The minimum atomic E-state index is -1.21. The van der Waals surface area contributed by atoms with Crippen molar-refractivity contribution in [1.82, 2.24) is 0 Å². The number of benzene rings is 2. The molecule has 0 saturated heterocycles. The fourth-order valence-corrected chi connectivity index (χ4v) is 2.12. The summed E-state index contributed by atoms with van der Waals surface area (Å²) < 4.78 is 41.3. The smallest absolute Gasteiger partial charge is 0.344 e. The number of halogens is 2. The molecule has 1 amide bonds. The predicted molar refractivity (Wildman–Crippen MR) is 94.4 cm³/mol. The summed E-state index contributed by atoms with van der Waals surface area (Å²) in [7, 11) is 1.37. The van der Waals surface area contributed by atoms with E-state index in [1.165, 1.54) is 38.3 Å². The number of carbonyl (C=O) groups excluding carboxylic acids is 3. The van der Waals surface area contributed by atoms with E-state index in [2.05, 4.69) is 5.32 Å². The fourth-order valence-electron chi connectivity index (χ4n) is 2.12. The maximum atomic E-state index is 13.2. The second-order valence-corrected chi connectivity index (χ2v) is 5.57. The van der Waals surface area contributed by atoms with Gasteiger partial charge in [0.05, 0.1) is 7.11 Å². The van der Waals surface area contributed by atoms with Crippen molar-refractivity contribution >= 4 is 23.9 Å². The summed E-state index contributed by atoms with van der Waals surface area (Å²) in [6.45, 7) is 0.798. The molecule has 0 heterocycles. The van der Waals surface area contributed by atoms with Crippen molar-refractivity contribution in [3.63, 3.8) is 0 Å². The van der Waals surface area contributed by atoms with E-state index in [9.17, 15) is 23.2 Å². The van der Waals surface area contributed by atoms with E-state index in [0.29, 0.717) is 11.8 Å². The van der Waals surface area contributed by atoms with Crippen molar-refractivity contribution in [3.05, 3.63) is 53.6 Å². The summed E-state index contributed by atoms with van der Waals surface area (Å²) in [6.07, 6.45) is -0.572. The van der Waals surface area contributed by atoms with Crippen LogP contribution in [-0.4, -0.2) is 38.0 Å². The Balaban J connectivity index is 1.89. The molecule has 0 aliphatic rings. The number of esters is 1. The Hall–Kier alpha value is -3.49. The molecule has 7 nitrogen and oxygen atoms in total. The van der Waals surface area contributed by atoms with Crippen LogP contribution in [0, 0.1) is 11.6 Å². The lowest BCUT2D eigenvalue weighted by Gasteiger charge is -2.15. The number of nitrogens with one attached hydrogen (secondary N) is 1. The van der Waals surface area contributed by atoms with Crippen LogP contribution in [0.15, 0.2) is 36.4 Å². The first-order chi connectivity index (χ1) is 13.3. The molecular weight excluding hydrogens is 376 g/mol. The molecule has 2 rings (SSSR count). The Morgan fingerprint density at radius 1 is 1.11 bits per heavy atom. The number of methoxy groups -OCH3 is 1. The molecule has 0 spiro atoms. The number of amides is 1. The Kier molecular flexibility index (Phi) is 7.02. The molecule has 0 bridgehead atoms. The molecule has 2 aromatic carbocycles. The highest BCUT2D eigenvalue weighted by molar-refractivity contribution is 5.95. The van der Waals surface area contributed by atoms with Gasteiger partial charge in [-0.1, -0.05) is 0 Å². The van der Waals surface area contributed by atoms with Gasteiger partial charge < -0.3 is 19.5 Å². The Morgan fingerprint density at radius 2 is 1.86 bits per heavy atom. The molecule has 0 radical (unpaired) electrons. The van der Waals surface area contributed by atoms with E-state index in [1.54, 1.807) is 0 Å². The predicted octanol–water partition coefficient (Wildman–Crippen LogP) is 2.74. The van der Waals surface area contributed by atoms with Gasteiger partial charge in [0.25, 0.3) is 5.91 Å². The minimum absolute atomic E-state index is 0.0167. The molecule has 0 aliphatic carbocycles. The number of carbonyl (C=O) groups is 3. The van der Waals surface area contributed by atoms with E-state index in [1.807, 2.05) is 0 Å². The summed E-state index contributed by atoms with van der Waals surface area (Å²) in [4.78, 5) is 34.6. The van der Waals surface area contributed by atoms with Crippen LogP contribution in [0.25, 0.3) is 0 Å². The quantitative estimate of drug-likeness (QED) is 0.548. The van der Waals surface area contributed by atoms with Gasteiger partial charge in [-0.05, 0) is 37.3 Å². The molecule has 1 atom stereocenters. The van der Waals surface area contributed by atoms with Gasteiger partial charge in [-0.3, -0.25) is 9.59 Å². The molecule has 9 heteroatoms. The van der Waals surface area contributed by atoms with Crippen molar-refractivity contribution in [2.45, 2.75) is 13.0 Å². The second-order valence-electron chi connectivity index (χ2n) is 5.57. The number of ether oxygens (including phenoxy) is 3. The number of aldehydes is 1. The molecule has 28 heavy (non-hydrogen) atoms. The Bertz CT molecular complexity index is 887. The van der Waals surface area contributed by atoms with Crippen LogP contribution >= 0.6 is 0 Å². The number of hydrogen-bond acceptors (Lipinski definition) is 6. The van der Waals surface area contributed by atoms with Crippen LogP contribution in [-0.2, 0) is 14.3 Å². The first-order valence-corrected chi connectivity index (χ1v) is 8.05. The monoisotopic (exact) mass is 393 g/mol. The summed E-state index contributed by atoms with van der Waals surface area (Å²) in [5.74, 6) is -3.27. The van der Waals surface area contributed by atoms with Gasteiger partial charge in [0.15, 0.2) is 35.8 Å². The highest BCUT2D eigenvalue weighted by Gasteiger charge is 2.19. The molecule has 0 aromatic heterocycles. The van der Waals surface area contributed by atoms with Gasteiger partial charge in [0.1, 0.15) is 6.29 Å². The van der Waals surface area contributed by atoms with E-state index in [4.69, 9.17) is 14.2 Å². The number of rotatable bonds is 8. The first kappa shape index (κ1) is 20.8. The third kappa shape index (κ3) is 5.50. The van der Waals surface area contributed by atoms with Gasteiger partial charge in [-0.25, -0.2) is 13.6 Å². The Morgan fingerprint density at radius 3 is 2.50 bits per heavy atom. The van der Waals surface area contributed by atoms with Crippen LogP contribution in [0.1, 0.15) is 17.3 Å². The average molecular weight is 393 g/mol. The molecule has 0 saturated carbocycles. The Labute approximate surface area is 159 Å². The zero-order valence-electron chi connectivity index (χ0n) is 15.0. The molecular formula is C19H17F2NO6. The van der Waals surface area contributed by atoms with Crippen LogP contribution < -0.4 is 14.8 Å². The van der Waals surface area contributed by atoms with Gasteiger partial charge in [0.2, 0.25) is 0 Å². The topological polar surface area (TPSA) is 90.9 Å². The summed E-state index contributed by atoms with van der Waals surface area (Å²) in [5, 5.41) is 2.30. The maximum absolute atomic E-state index is 13.2. The van der Waals surface area contributed by atoms with Gasteiger partial charge >= 0.3 is 5.97 Å². The third-order valence-corrected chi connectivity index (χ3v) is 3.53. The van der Waals surface area contributed by atoms with Crippen molar-refractivity contribution in [2.24, 2.45) is 0 Å². The van der Waals surface area contributed by atoms with Crippen LogP contribution in [0.4, 0.5) is 14.5 Å². The van der Waals surface area contributed by atoms with Crippen LogP contribution in [0.2, 0.25) is 0 Å². The molecule has 0 fully saturated rings. The zero-order chi connectivity index (χ0) is 20.7. The lowest BCUT2D eigenvalue weighted by molar-refractivity contribution is -0.155. The molecule has 0 unspecified atom stereocenters. The summed E-state index contributed by atoms with van der Waals surface area (Å²) >= 11 is 0. The van der Waals surface area contributed by atoms with E-state index in [-0.39, 0.29) is 17.2 Å². The van der Waals surface area contributed by atoms with Crippen molar-refractivity contribution < 1.29 is 37.4 Å². The molecule has 2 aromatic rings. The largest absolute Gasteiger partial charge is 0.493 e. The second kappa shape index (κ2) is 9.45. The van der Waals surface area contributed by atoms with Crippen molar-refractivity contribution in [3.8, 4) is 11.5 Å². The van der Waals surface area contributed by atoms with E-state index >= 15 is 0 Å². The lowest BCUT2D eigenvalue weighted by Crippen LogP contribution is -2.31. The van der Waals surface area contributed by atoms with E-state index in [0.717, 1.165) is 12.1 Å². The summed E-state index contributed by atoms with van der Waals surface area (Å²) in [5.41, 5.74) is 0.386. The SMILES string of the molecule is COc1cc(C=O)ccc1OCC(=O)O[C@H](C)C(=O)Nc1ccc(F)c(F)c1. The summed E-state index contributed by atoms with van der Waals surface area (Å²) in [6, 6.07) is 7.21. The lowest BCUT2D eigenvalue weighted by atomic mass is 10.2. The minimum Gasteiger partial charge on any atom is -0.493 e. The van der Waals surface area contributed by atoms with Gasteiger partial charge in [-0.15, -0.1) is 0 Å². The molecule has 0 aliphatic heterocycles. The normalized spacial score (nSPS) is 11.3. The third-order valence-electron chi connectivity index (χ3n) is 3.53. The van der Waals surface area contributed by atoms with Gasteiger partial charge in [0, 0.05) is 17.3 Å². The van der Waals surface area contributed by atoms with Crippen molar-refractivity contribution in [2.75, 3.05) is 19.0 Å². The van der Waals surface area contributed by atoms with Crippen molar-refractivity contribution in [1.29, 1.82) is 0 Å². The highest BCUT2D eigenvalue weighted by Crippen LogP contribution is 2.27. The zero-order valence-corrected chi connectivity index (χ0v) is 15.0. The first-order valence-electron chi connectivity index (χ1n) is 8.05. The highest BCUT2D eigenvalue weighted by atomic mass is 19.2. The number of anilines is 1.